The first-order valence-corrected chi connectivity index (χ1v) is 12.3. The standard InChI is InChI=1S/C25H32F2N2O2.C2HF3O2/c1-3-4-15-31-23-9-5-19(6-10-23)16-25(30)29(22-11-13-28(2)14-12-22)18-20-7-8-21(26)17-24(20)27;3-2(4,5)1(6)7/h5-10,17,22H,3-4,11-16,18H2,1-2H3;(H,6,7). The molecule has 6 nitrogen and oxygen atoms in total. The average Bonchev–Trinajstić information content (AvgIpc) is 2.85. The van der Waals surface area contributed by atoms with Gasteiger partial charge in [0.1, 0.15) is 17.4 Å². The van der Waals surface area contributed by atoms with Crippen LogP contribution in [0.3, 0.4) is 0 Å². The monoisotopic (exact) mass is 544 g/mol. The zero-order chi connectivity index (χ0) is 28.3. The molecule has 2 aromatic carbocycles. The highest BCUT2D eigenvalue weighted by atomic mass is 19.4. The summed E-state index contributed by atoms with van der Waals surface area (Å²) in [6, 6.07) is 11.2. The number of piperidine rings is 1. The molecule has 1 amide bonds. The van der Waals surface area contributed by atoms with Gasteiger partial charge in [0.2, 0.25) is 5.91 Å². The van der Waals surface area contributed by atoms with Crippen LogP contribution in [0.2, 0.25) is 0 Å². The topological polar surface area (TPSA) is 70.1 Å². The van der Waals surface area contributed by atoms with E-state index in [-0.39, 0.29) is 24.9 Å². The van der Waals surface area contributed by atoms with Crippen LogP contribution in [0.4, 0.5) is 22.0 Å². The number of nitrogens with zero attached hydrogens (tertiary/aromatic N) is 2. The summed E-state index contributed by atoms with van der Waals surface area (Å²) < 4.78 is 65.0. The van der Waals surface area contributed by atoms with Gasteiger partial charge in [-0.15, -0.1) is 0 Å². The van der Waals surface area contributed by atoms with Crippen molar-refractivity contribution in [1.82, 2.24) is 9.80 Å². The molecule has 11 heteroatoms. The predicted octanol–water partition coefficient (Wildman–Crippen LogP) is 5.44. The minimum Gasteiger partial charge on any atom is -0.494 e. The molecule has 0 bridgehead atoms. The predicted molar refractivity (Wildman–Crippen MR) is 132 cm³/mol. The van der Waals surface area contributed by atoms with Crippen molar-refractivity contribution in [2.75, 3.05) is 26.7 Å². The molecule has 1 aliphatic heterocycles. The minimum atomic E-state index is -5.08. The lowest BCUT2D eigenvalue weighted by Crippen LogP contribution is -2.46. The van der Waals surface area contributed by atoms with Crippen molar-refractivity contribution in [1.29, 1.82) is 0 Å². The first-order valence-electron chi connectivity index (χ1n) is 12.3. The van der Waals surface area contributed by atoms with E-state index in [0.29, 0.717) is 12.2 Å². The van der Waals surface area contributed by atoms with Crippen LogP contribution in [0.15, 0.2) is 42.5 Å². The Balaban J connectivity index is 0.000000638. The first-order chi connectivity index (χ1) is 17.9. The van der Waals surface area contributed by atoms with Gasteiger partial charge in [-0.05, 0) is 63.2 Å². The summed E-state index contributed by atoms with van der Waals surface area (Å²) in [5.74, 6) is -3.23. The summed E-state index contributed by atoms with van der Waals surface area (Å²) in [4.78, 5) is 26.2. The van der Waals surface area contributed by atoms with Crippen molar-refractivity contribution in [3.05, 3.63) is 65.2 Å². The van der Waals surface area contributed by atoms with Gasteiger partial charge in [0.15, 0.2) is 0 Å². The van der Waals surface area contributed by atoms with Crippen LogP contribution in [0, 0.1) is 11.6 Å². The summed E-state index contributed by atoms with van der Waals surface area (Å²) in [5.41, 5.74) is 1.23. The van der Waals surface area contributed by atoms with Gasteiger partial charge in [0.05, 0.1) is 13.0 Å². The molecule has 0 unspecified atom stereocenters. The molecule has 38 heavy (non-hydrogen) atoms. The summed E-state index contributed by atoms with van der Waals surface area (Å²) in [5, 5.41) is 7.12. The fraction of sp³-hybridized carbons (Fsp3) is 0.481. The van der Waals surface area contributed by atoms with E-state index in [1.165, 1.54) is 12.1 Å². The van der Waals surface area contributed by atoms with Crippen molar-refractivity contribution < 1.29 is 41.4 Å². The van der Waals surface area contributed by atoms with E-state index in [4.69, 9.17) is 14.6 Å². The van der Waals surface area contributed by atoms with Gasteiger partial charge < -0.3 is 19.6 Å². The van der Waals surface area contributed by atoms with E-state index in [1.54, 1.807) is 4.90 Å². The van der Waals surface area contributed by atoms with E-state index in [9.17, 15) is 26.7 Å². The Bertz CT molecular complexity index is 1040. The van der Waals surface area contributed by atoms with Crippen molar-refractivity contribution in [2.24, 2.45) is 0 Å². The Morgan fingerprint density at radius 3 is 2.21 bits per heavy atom. The maximum Gasteiger partial charge on any atom is 0.490 e. The molecule has 210 valence electrons. The van der Waals surface area contributed by atoms with Crippen molar-refractivity contribution >= 4 is 11.9 Å². The third-order valence-corrected chi connectivity index (χ3v) is 6.09. The Morgan fingerprint density at radius 2 is 1.68 bits per heavy atom. The molecule has 0 aliphatic carbocycles. The third kappa shape index (κ3) is 10.3. The molecule has 1 fully saturated rings. The number of hydrogen-bond donors (Lipinski definition) is 1. The Kier molecular flexibility index (Phi) is 12.0. The number of hydrogen-bond acceptors (Lipinski definition) is 4. The normalized spacial score (nSPS) is 14.4. The molecule has 0 atom stereocenters. The van der Waals surface area contributed by atoms with E-state index >= 15 is 0 Å². The summed E-state index contributed by atoms with van der Waals surface area (Å²) in [6.07, 6.45) is -1.07. The number of carboxylic acids is 1. The molecule has 0 saturated carbocycles. The van der Waals surface area contributed by atoms with E-state index in [0.717, 1.165) is 56.2 Å². The van der Waals surface area contributed by atoms with Crippen LogP contribution in [-0.4, -0.2) is 65.7 Å². The van der Waals surface area contributed by atoms with Crippen LogP contribution in [0.5, 0.6) is 5.75 Å². The van der Waals surface area contributed by atoms with Crippen LogP contribution in [0.25, 0.3) is 0 Å². The maximum atomic E-state index is 14.3. The van der Waals surface area contributed by atoms with E-state index in [2.05, 4.69) is 18.9 Å². The maximum absolute atomic E-state index is 14.3. The number of carbonyl (C=O) groups is 2. The van der Waals surface area contributed by atoms with E-state index in [1.807, 2.05) is 24.3 Å². The van der Waals surface area contributed by atoms with Crippen LogP contribution in [0.1, 0.15) is 43.7 Å². The number of halogens is 5. The van der Waals surface area contributed by atoms with Gasteiger partial charge in [-0.1, -0.05) is 31.5 Å². The highest BCUT2D eigenvalue weighted by molar-refractivity contribution is 5.79. The lowest BCUT2D eigenvalue weighted by molar-refractivity contribution is -0.192. The van der Waals surface area contributed by atoms with Gasteiger partial charge in [-0.2, -0.15) is 13.2 Å². The van der Waals surface area contributed by atoms with Gasteiger partial charge in [0.25, 0.3) is 0 Å². The number of carboxylic acid groups (broad SMARTS) is 1. The van der Waals surface area contributed by atoms with Gasteiger partial charge in [-0.25, -0.2) is 13.6 Å². The smallest absolute Gasteiger partial charge is 0.490 e. The zero-order valence-electron chi connectivity index (χ0n) is 21.4. The molecule has 0 aromatic heterocycles. The molecule has 1 N–H and O–H groups in total. The van der Waals surface area contributed by atoms with Crippen LogP contribution in [-0.2, 0) is 22.6 Å². The SMILES string of the molecule is CCCCOc1ccc(CC(=O)N(Cc2ccc(F)cc2F)C2CCN(C)CC2)cc1.O=C(O)C(F)(F)F. The van der Waals surface area contributed by atoms with Gasteiger partial charge in [-0.3, -0.25) is 4.79 Å². The summed E-state index contributed by atoms with van der Waals surface area (Å²) >= 11 is 0. The first kappa shape index (κ1) is 31.0. The van der Waals surface area contributed by atoms with Gasteiger partial charge >= 0.3 is 12.1 Å². The number of carbonyl (C=O) groups excluding carboxylic acids is 1. The van der Waals surface area contributed by atoms with E-state index < -0.39 is 23.8 Å². The third-order valence-electron chi connectivity index (χ3n) is 6.09. The number of aliphatic carboxylic acids is 1. The van der Waals surface area contributed by atoms with Crippen LogP contribution >= 0.6 is 0 Å². The summed E-state index contributed by atoms with van der Waals surface area (Å²) in [7, 11) is 2.06. The summed E-state index contributed by atoms with van der Waals surface area (Å²) in [6.45, 7) is 4.74. The Hall–Kier alpha value is -3.21. The lowest BCUT2D eigenvalue weighted by atomic mass is 10.0. The molecule has 1 saturated heterocycles. The number of ether oxygens (including phenoxy) is 1. The van der Waals surface area contributed by atoms with Crippen molar-refractivity contribution in [3.8, 4) is 5.75 Å². The second kappa shape index (κ2) is 14.7. The van der Waals surface area contributed by atoms with Gasteiger partial charge in [0, 0.05) is 24.2 Å². The molecule has 2 aromatic rings. The average molecular weight is 545 g/mol. The lowest BCUT2D eigenvalue weighted by Gasteiger charge is -2.37. The number of unbranched alkanes of at least 4 members (excludes halogenated alkanes) is 1. The fourth-order valence-corrected chi connectivity index (χ4v) is 3.88. The van der Waals surface area contributed by atoms with Crippen molar-refractivity contribution in [3.63, 3.8) is 0 Å². The number of amides is 1. The largest absolute Gasteiger partial charge is 0.494 e. The molecule has 0 spiro atoms. The number of likely N-dealkylation sites (tertiary alicyclic amines) is 1. The number of benzene rings is 2. The molecular weight excluding hydrogens is 511 g/mol. The van der Waals surface area contributed by atoms with Crippen molar-refractivity contribution in [2.45, 2.75) is 57.8 Å². The minimum absolute atomic E-state index is 0.0436. The van der Waals surface area contributed by atoms with Crippen LogP contribution < -0.4 is 4.74 Å². The fourth-order valence-electron chi connectivity index (χ4n) is 3.88. The quantitative estimate of drug-likeness (QED) is 0.336. The highest BCUT2D eigenvalue weighted by Gasteiger charge is 2.38. The Morgan fingerprint density at radius 1 is 1.08 bits per heavy atom. The molecule has 3 rings (SSSR count). The molecule has 1 aliphatic rings. The molecule has 0 radical (unpaired) electrons. The second-order valence-electron chi connectivity index (χ2n) is 9.12. The second-order valence-corrected chi connectivity index (χ2v) is 9.12. The molecular formula is C27H33F5N2O4. The molecule has 1 heterocycles. The Labute approximate surface area is 219 Å². The number of rotatable bonds is 9. The highest BCUT2D eigenvalue weighted by Crippen LogP contribution is 2.22. The number of alkyl halides is 3. The zero-order valence-corrected chi connectivity index (χ0v) is 21.4.